The van der Waals surface area contributed by atoms with Gasteiger partial charge < -0.3 is 15.0 Å². The standard InChI is InChI=1S/C24H29N5O/c1-25-24(29-13-12-21(17-29)22-15-27-28(2)16-22)26-14-19-8-10-23(11-9-19)30-18-20-6-4-3-5-7-20/h3-11,15-16,21H,12-14,17-18H2,1-2H3,(H,25,26). The van der Waals surface area contributed by atoms with E-state index >= 15 is 0 Å². The van der Waals surface area contributed by atoms with Gasteiger partial charge >= 0.3 is 0 Å². The largest absolute Gasteiger partial charge is 0.489 e. The van der Waals surface area contributed by atoms with Gasteiger partial charge in [-0.1, -0.05) is 42.5 Å². The minimum atomic E-state index is 0.512. The molecule has 1 saturated heterocycles. The molecule has 30 heavy (non-hydrogen) atoms. The number of rotatable bonds is 6. The fourth-order valence-corrected chi connectivity index (χ4v) is 3.83. The summed E-state index contributed by atoms with van der Waals surface area (Å²) in [5.74, 6) is 2.34. The van der Waals surface area contributed by atoms with Crippen LogP contribution in [0.15, 0.2) is 72.0 Å². The van der Waals surface area contributed by atoms with Crippen LogP contribution in [0.2, 0.25) is 0 Å². The van der Waals surface area contributed by atoms with Crippen LogP contribution in [0.3, 0.4) is 0 Å². The normalized spacial score (nSPS) is 16.7. The Morgan fingerprint density at radius 1 is 1.13 bits per heavy atom. The second-order valence-electron chi connectivity index (χ2n) is 7.70. The van der Waals surface area contributed by atoms with Gasteiger partial charge in [-0.25, -0.2) is 0 Å². The molecule has 1 atom stereocenters. The summed E-state index contributed by atoms with van der Waals surface area (Å²) >= 11 is 0. The summed E-state index contributed by atoms with van der Waals surface area (Å²) in [4.78, 5) is 6.81. The van der Waals surface area contributed by atoms with Crippen molar-refractivity contribution in [2.75, 3.05) is 20.1 Å². The van der Waals surface area contributed by atoms with E-state index in [0.29, 0.717) is 12.5 Å². The van der Waals surface area contributed by atoms with Crippen LogP contribution in [0.1, 0.15) is 29.0 Å². The molecular formula is C24H29N5O. The molecule has 0 spiro atoms. The monoisotopic (exact) mass is 403 g/mol. The summed E-state index contributed by atoms with van der Waals surface area (Å²) in [6.45, 7) is 3.29. The van der Waals surface area contributed by atoms with Crippen LogP contribution in [0, 0.1) is 0 Å². The maximum Gasteiger partial charge on any atom is 0.193 e. The number of likely N-dealkylation sites (tertiary alicyclic amines) is 1. The van der Waals surface area contributed by atoms with Gasteiger partial charge in [-0.15, -0.1) is 0 Å². The maximum absolute atomic E-state index is 5.87. The fourth-order valence-electron chi connectivity index (χ4n) is 3.83. The first-order valence-corrected chi connectivity index (χ1v) is 10.4. The van der Waals surface area contributed by atoms with Gasteiger partial charge in [0.25, 0.3) is 0 Å². The molecule has 2 aromatic carbocycles. The molecule has 1 unspecified atom stereocenters. The van der Waals surface area contributed by atoms with Gasteiger partial charge in [-0.2, -0.15) is 5.10 Å². The molecular weight excluding hydrogens is 374 g/mol. The van der Waals surface area contributed by atoms with Crippen molar-refractivity contribution in [1.82, 2.24) is 20.0 Å². The molecule has 1 aliphatic heterocycles. The zero-order valence-corrected chi connectivity index (χ0v) is 17.7. The molecule has 6 nitrogen and oxygen atoms in total. The molecule has 156 valence electrons. The molecule has 6 heteroatoms. The van der Waals surface area contributed by atoms with Crippen LogP contribution >= 0.6 is 0 Å². The number of nitrogens with zero attached hydrogens (tertiary/aromatic N) is 4. The van der Waals surface area contributed by atoms with Gasteiger partial charge in [0.2, 0.25) is 0 Å². The van der Waals surface area contributed by atoms with E-state index in [0.717, 1.165) is 37.8 Å². The van der Waals surface area contributed by atoms with Crippen molar-refractivity contribution in [2.24, 2.45) is 12.0 Å². The molecule has 0 bridgehead atoms. The van der Waals surface area contributed by atoms with Crippen LogP contribution in [-0.4, -0.2) is 40.8 Å². The minimum absolute atomic E-state index is 0.512. The Labute approximate surface area is 178 Å². The molecule has 0 aliphatic carbocycles. The van der Waals surface area contributed by atoms with Crippen LogP contribution in [0.5, 0.6) is 5.75 Å². The predicted octanol–water partition coefficient (Wildman–Crippen LogP) is 3.56. The lowest BCUT2D eigenvalue weighted by Gasteiger charge is -2.21. The Morgan fingerprint density at radius 2 is 1.93 bits per heavy atom. The number of ether oxygens (including phenoxy) is 1. The lowest BCUT2D eigenvalue weighted by atomic mass is 10.0. The average molecular weight is 404 g/mol. The summed E-state index contributed by atoms with van der Waals surface area (Å²) in [5, 5.41) is 7.80. The van der Waals surface area contributed by atoms with Gasteiger partial charge in [0.15, 0.2) is 5.96 Å². The summed E-state index contributed by atoms with van der Waals surface area (Å²) in [7, 11) is 3.81. The van der Waals surface area contributed by atoms with Gasteiger partial charge in [-0.05, 0) is 35.2 Å². The lowest BCUT2D eigenvalue weighted by Crippen LogP contribution is -2.39. The number of guanidine groups is 1. The van der Waals surface area contributed by atoms with Gasteiger partial charge in [0.1, 0.15) is 12.4 Å². The first kappa shape index (κ1) is 20.0. The molecule has 1 fully saturated rings. The van der Waals surface area contributed by atoms with Crippen molar-refractivity contribution in [1.29, 1.82) is 0 Å². The summed E-state index contributed by atoms with van der Waals surface area (Å²) < 4.78 is 7.74. The zero-order chi connectivity index (χ0) is 20.8. The molecule has 1 aliphatic rings. The Balaban J connectivity index is 1.27. The van der Waals surface area contributed by atoms with Crippen LogP contribution in [-0.2, 0) is 20.2 Å². The van der Waals surface area contributed by atoms with E-state index in [9.17, 15) is 0 Å². The van der Waals surface area contributed by atoms with Gasteiger partial charge in [0.05, 0.1) is 6.20 Å². The third-order valence-electron chi connectivity index (χ3n) is 5.52. The lowest BCUT2D eigenvalue weighted by molar-refractivity contribution is 0.306. The highest BCUT2D eigenvalue weighted by Gasteiger charge is 2.26. The molecule has 1 aromatic heterocycles. The highest BCUT2D eigenvalue weighted by atomic mass is 16.5. The number of hydrogen-bond acceptors (Lipinski definition) is 3. The van der Waals surface area contributed by atoms with E-state index in [1.807, 2.05) is 55.3 Å². The highest BCUT2D eigenvalue weighted by Crippen LogP contribution is 2.26. The van der Waals surface area contributed by atoms with Crippen LogP contribution < -0.4 is 10.1 Å². The van der Waals surface area contributed by atoms with Gasteiger partial charge in [0, 0.05) is 45.8 Å². The van der Waals surface area contributed by atoms with Crippen molar-refractivity contribution >= 4 is 5.96 Å². The van der Waals surface area contributed by atoms with Crippen molar-refractivity contribution in [3.63, 3.8) is 0 Å². The highest BCUT2D eigenvalue weighted by molar-refractivity contribution is 5.80. The maximum atomic E-state index is 5.87. The number of nitrogens with one attached hydrogen (secondary N) is 1. The minimum Gasteiger partial charge on any atom is -0.489 e. The van der Waals surface area contributed by atoms with E-state index in [1.54, 1.807) is 0 Å². The van der Waals surface area contributed by atoms with E-state index in [2.05, 4.69) is 50.8 Å². The number of benzene rings is 2. The Morgan fingerprint density at radius 3 is 2.63 bits per heavy atom. The van der Waals surface area contributed by atoms with E-state index < -0.39 is 0 Å². The average Bonchev–Trinajstić information content (AvgIpc) is 3.44. The Hall–Kier alpha value is -3.28. The topological polar surface area (TPSA) is 54.7 Å². The number of hydrogen-bond donors (Lipinski definition) is 1. The van der Waals surface area contributed by atoms with Crippen molar-refractivity contribution < 1.29 is 4.74 Å². The molecule has 0 radical (unpaired) electrons. The van der Waals surface area contributed by atoms with E-state index in [4.69, 9.17) is 4.74 Å². The smallest absolute Gasteiger partial charge is 0.193 e. The van der Waals surface area contributed by atoms with Crippen molar-refractivity contribution in [3.05, 3.63) is 83.7 Å². The quantitative estimate of drug-likeness (QED) is 0.505. The first-order chi connectivity index (χ1) is 14.7. The molecule has 4 rings (SSSR count). The van der Waals surface area contributed by atoms with Crippen LogP contribution in [0.25, 0.3) is 0 Å². The number of aryl methyl sites for hydroxylation is 1. The summed E-state index contributed by atoms with van der Waals surface area (Å²) in [5.41, 5.74) is 3.68. The van der Waals surface area contributed by atoms with Gasteiger partial charge in [-0.3, -0.25) is 9.67 Å². The molecule has 1 N–H and O–H groups in total. The molecule has 2 heterocycles. The number of aliphatic imine (C=N–C) groups is 1. The second kappa shape index (κ2) is 9.48. The Kier molecular flexibility index (Phi) is 6.32. The molecule has 0 saturated carbocycles. The fraction of sp³-hybridized carbons (Fsp3) is 0.333. The molecule has 3 aromatic rings. The van der Waals surface area contributed by atoms with E-state index in [-0.39, 0.29) is 0 Å². The molecule has 0 amide bonds. The Bertz CT molecular complexity index is 965. The second-order valence-corrected chi connectivity index (χ2v) is 7.70. The number of aromatic nitrogens is 2. The zero-order valence-electron chi connectivity index (χ0n) is 17.7. The van der Waals surface area contributed by atoms with Crippen molar-refractivity contribution in [2.45, 2.75) is 25.5 Å². The SMILES string of the molecule is CN=C(NCc1ccc(OCc2ccccc2)cc1)N1CCC(c2cnn(C)c2)C1. The predicted molar refractivity (Wildman–Crippen MR) is 120 cm³/mol. The summed E-state index contributed by atoms with van der Waals surface area (Å²) in [6.07, 6.45) is 5.22. The first-order valence-electron chi connectivity index (χ1n) is 10.4. The summed E-state index contributed by atoms with van der Waals surface area (Å²) in [6, 6.07) is 18.5. The third-order valence-corrected chi connectivity index (χ3v) is 5.52. The third kappa shape index (κ3) is 5.00. The van der Waals surface area contributed by atoms with Crippen LogP contribution in [0.4, 0.5) is 0 Å². The van der Waals surface area contributed by atoms with E-state index in [1.165, 1.54) is 16.7 Å². The van der Waals surface area contributed by atoms with Crippen molar-refractivity contribution in [3.8, 4) is 5.75 Å².